The van der Waals surface area contributed by atoms with Crippen LogP contribution >= 0.6 is 0 Å². The summed E-state index contributed by atoms with van der Waals surface area (Å²) < 4.78 is 5.47. The van der Waals surface area contributed by atoms with Gasteiger partial charge < -0.3 is 20.3 Å². The largest absolute Gasteiger partial charge is 0.466 e. The Morgan fingerprint density at radius 3 is 0.986 bits per heavy atom. The minimum atomic E-state index is -0.851. The van der Waals surface area contributed by atoms with Gasteiger partial charge in [-0.15, -0.1) is 0 Å². The maximum atomic E-state index is 12.5. The second-order valence-corrected chi connectivity index (χ2v) is 21.8. The molecule has 0 heterocycles. The quantitative estimate of drug-likeness (QED) is 0.0321. The van der Waals surface area contributed by atoms with E-state index in [1.807, 2.05) is 6.08 Å². The minimum Gasteiger partial charge on any atom is -0.466 e. The molecule has 2 unspecified atom stereocenters. The number of rotatable bonds is 59. The highest BCUT2D eigenvalue weighted by Crippen LogP contribution is 2.18. The molecule has 1 amide bonds. The Kier molecular flexibility index (Phi) is 58.0. The van der Waals surface area contributed by atoms with Crippen LogP contribution in [0.2, 0.25) is 0 Å². The number of allylic oxidation sites excluding steroid dienone is 1. The highest BCUT2D eigenvalue weighted by atomic mass is 16.5. The van der Waals surface area contributed by atoms with Crippen LogP contribution in [0.1, 0.15) is 354 Å². The molecule has 0 aromatic rings. The van der Waals surface area contributed by atoms with Crippen molar-refractivity contribution in [3.63, 3.8) is 0 Å². The van der Waals surface area contributed by atoms with Crippen molar-refractivity contribution in [2.24, 2.45) is 0 Å². The molecule has 0 aliphatic carbocycles. The SMILES string of the molecule is CCCCCCCCCCCCCCCCCCCCCCCCC/C=C/C(O)C(CO)NC(=O)CCCCCCCCCCCCCCCCCOC(=O)CCCCCCCCCCCCCC. The molecule has 410 valence electrons. The predicted molar refractivity (Wildman–Crippen MR) is 301 cm³/mol. The van der Waals surface area contributed by atoms with Crippen LogP contribution in [0.3, 0.4) is 0 Å². The van der Waals surface area contributed by atoms with Gasteiger partial charge in [-0.25, -0.2) is 0 Å². The zero-order valence-electron chi connectivity index (χ0n) is 46.8. The van der Waals surface area contributed by atoms with Gasteiger partial charge >= 0.3 is 5.97 Å². The molecule has 0 aromatic heterocycles. The number of amides is 1. The summed E-state index contributed by atoms with van der Waals surface area (Å²) in [6.45, 7) is 4.92. The molecule has 6 nitrogen and oxygen atoms in total. The molecule has 0 bridgehead atoms. The molecule has 2 atom stereocenters. The van der Waals surface area contributed by atoms with Gasteiger partial charge in [-0.1, -0.05) is 321 Å². The third-order valence-electron chi connectivity index (χ3n) is 14.8. The smallest absolute Gasteiger partial charge is 0.305 e. The number of hydrogen-bond donors (Lipinski definition) is 3. The molecule has 0 spiro atoms. The molecule has 0 aliphatic rings. The van der Waals surface area contributed by atoms with Crippen LogP contribution in [-0.4, -0.2) is 47.4 Å². The lowest BCUT2D eigenvalue weighted by atomic mass is 10.0. The highest BCUT2D eigenvalue weighted by molar-refractivity contribution is 5.76. The summed E-state index contributed by atoms with van der Waals surface area (Å²) in [6.07, 6.45) is 71.1. The van der Waals surface area contributed by atoms with E-state index in [0.717, 1.165) is 44.9 Å². The number of ether oxygens (including phenoxy) is 1. The van der Waals surface area contributed by atoms with Gasteiger partial charge in [0.15, 0.2) is 0 Å². The second-order valence-electron chi connectivity index (χ2n) is 21.8. The number of carbonyl (C=O) groups excluding carboxylic acids is 2. The van der Waals surface area contributed by atoms with E-state index in [9.17, 15) is 19.8 Å². The molecule has 0 aliphatic heterocycles. The monoisotopic (exact) mass is 974 g/mol. The minimum absolute atomic E-state index is 0.00132. The zero-order chi connectivity index (χ0) is 50.0. The van der Waals surface area contributed by atoms with Crippen LogP contribution in [0, 0.1) is 0 Å². The standard InChI is InChI=1S/C63H123NO5/c1-3-5-7-9-11-13-15-17-18-19-20-21-22-23-24-25-26-27-29-32-35-39-43-47-51-55-61(66)60(59-65)64-62(67)56-52-48-44-40-36-33-30-28-31-34-38-42-46-50-54-58-69-63(68)57-53-49-45-41-37-16-14-12-10-8-6-4-2/h51,55,60-61,65-66H,3-50,52-54,56-59H2,1-2H3,(H,64,67)/b55-51+. The van der Waals surface area contributed by atoms with Gasteiger partial charge in [0, 0.05) is 12.8 Å². The number of unbranched alkanes of at least 4 members (excludes halogenated alkanes) is 48. The average Bonchev–Trinajstić information content (AvgIpc) is 3.35. The summed E-state index contributed by atoms with van der Waals surface area (Å²) in [5.74, 6) is -0.0707. The van der Waals surface area contributed by atoms with Crippen LogP contribution in [-0.2, 0) is 14.3 Å². The molecule has 0 radical (unpaired) electrons. The summed E-state index contributed by atoms with van der Waals surface area (Å²) >= 11 is 0. The van der Waals surface area contributed by atoms with Crippen molar-refractivity contribution in [3.05, 3.63) is 12.2 Å². The van der Waals surface area contributed by atoms with Crippen molar-refractivity contribution >= 4 is 11.9 Å². The molecule has 6 heteroatoms. The molecule has 3 N–H and O–H groups in total. The van der Waals surface area contributed by atoms with Crippen molar-refractivity contribution in [3.8, 4) is 0 Å². The Balaban J connectivity index is 3.45. The second kappa shape index (κ2) is 59.2. The summed E-state index contributed by atoms with van der Waals surface area (Å²) in [6, 6.07) is -0.635. The van der Waals surface area contributed by atoms with Gasteiger partial charge in [0.25, 0.3) is 0 Å². The first-order chi connectivity index (χ1) is 34.0. The van der Waals surface area contributed by atoms with E-state index in [1.54, 1.807) is 6.08 Å². The van der Waals surface area contributed by atoms with Gasteiger partial charge in [-0.05, 0) is 32.1 Å². The van der Waals surface area contributed by atoms with Gasteiger partial charge in [-0.3, -0.25) is 9.59 Å². The Morgan fingerprint density at radius 1 is 0.391 bits per heavy atom. The molecular weight excluding hydrogens is 851 g/mol. The number of carbonyl (C=O) groups is 2. The van der Waals surface area contributed by atoms with E-state index < -0.39 is 12.1 Å². The molecule has 69 heavy (non-hydrogen) atoms. The van der Waals surface area contributed by atoms with Crippen molar-refractivity contribution in [2.45, 2.75) is 366 Å². The van der Waals surface area contributed by atoms with Crippen LogP contribution < -0.4 is 5.32 Å². The topological polar surface area (TPSA) is 95.9 Å². The van der Waals surface area contributed by atoms with Crippen molar-refractivity contribution in [2.75, 3.05) is 13.2 Å². The van der Waals surface area contributed by atoms with E-state index in [1.165, 1.54) is 283 Å². The fourth-order valence-electron chi connectivity index (χ4n) is 9.99. The lowest BCUT2D eigenvalue weighted by molar-refractivity contribution is -0.143. The van der Waals surface area contributed by atoms with Gasteiger partial charge in [-0.2, -0.15) is 0 Å². The maximum Gasteiger partial charge on any atom is 0.305 e. The lowest BCUT2D eigenvalue weighted by Gasteiger charge is -2.20. The van der Waals surface area contributed by atoms with Crippen LogP contribution in [0.4, 0.5) is 0 Å². The first-order valence-electron chi connectivity index (χ1n) is 31.5. The molecule has 0 saturated carbocycles. The first kappa shape index (κ1) is 67.6. The Hall–Kier alpha value is -1.40. The zero-order valence-corrected chi connectivity index (χ0v) is 46.8. The van der Waals surface area contributed by atoms with Crippen LogP contribution in [0.25, 0.3) is 0 Å². The normalized spacial score (nSPS) is 12.6. The Labute approximate surface area is 431 Å². The van der Waals surface area contributed by atoms with Crippen LogP contribution in [0.15, 0.2) is 12.2 Å². The number of nitrogens with one attached hydrogen (secondary N) is 1. The van der Waals surface area contributed by atoms with E-state index >= 15 is 0 Å². The summed E-state index contributed by atoms with van der Waals surface area (Å²) in [5, 5.41) is 23.2. The van der Waals surface area contributed by atoms with Crippen LogP contribution in [0.5, 0.6) is 0 Å². The fourth-order valence-corrected chi connectivity index (χ4v) is 9.99. The van der Waals surface area contributed by atoms with Gasteiger partial charge in [0.05, 0.1) is 25.4 Å². The summed E-state index contributed by atoms with van der Waals surface area (Å²) in [5.41, 5.74) is 0. The van der Waals surface area contributed by atoms with E-state index in [0.29, 0.717) is 19.4 Å². The fraction of sp³-hybridized carbons (Fsp3) is 0.937. The molecule has 0 aromatic carbocycles. The van der Waals surface area contributed by atoms with Crippen molar-refractivity contribution in [1.82, 2.24) is 5.32 Å². The third-order valence-corrected chi connectivity index (χ3v) is 14.8. The van der Waals surface area contributed by atoms with Gasteiger partial charge in [0.1, 0.15) is 0 Å². The number of aliphatic hydroxyl groups is 2. The third kappa shape index (κ3) is 55.8. The highest BCUT2D eigenvalue weighted by Gasteiger charge is 2.18. The first-order valence-corrected chi connectivity index (χ1v) is 31.5. The molecular formula is C63H123NO5. The molecule has 0 saturated heterocycles. The number of hydrogen-bond acceptors (Lipinski definition) is 5. The molecule has 0 rings (SSSR count). The summed E-state index contributed by atoms with van der Waals surface area (Å²) in [4.78, 5) is 24.5. The molecule has 0 fully saturated rings. The van der Waals surface area contributed by atoms with E-state index in [4.69, 9.17) is 4.74 Å². The average molecular weight is 975 g/mol. The Bertz CT molecular complexity index is 1030. The summed E-state index contributed by atoms with van der Waals surface area (Å²) in [7, 11) is 0. The Morgan fingerprint density at radius 2 is 0.667 bits per heavy atom. The predicted octanol–water partition coefficient (Wildman–Crippen LogP) is 19.6. The van der Waals surface area contributed by atoms with E-state index in [-0.39, 0.29) is 18.5 Å². The van der Waals surface area contributed by atoms with Crippen molar-refractivity contribution in [1.29, 1.82) is 0 Å². The number of esters is 1. The number of aliphatic hydroxyl groups excluding tert-OH is 2. The lowest BCUT2D eigenvalue weighted by Crippen LogP contribution is -2.45. The van der Waals surface area contributed by atoms with Crippen molar-refractivity contribution < 1.29 is 24.5 Å². The maximum absolute atomic E-state index is 12.5. The van der Waals surface area contributed by atoms with Gasteiger partial charge in [0.2, 0.25) is 5.91 Å². The van der Waals surface area contributed by atoms with E-state index in [2.05, 4.69) is 19.2 Å².